The number of hydrogen-bond donors (Lipinski definition) is 3. The van der Waals surface area contributed by atoms with Crippen molar-refractivity contribution in [3.8, 4) is 5.75 Å². The van der Waals surface area contributed by atoms with E-state index in [9.17, 15) is 19.2 Å². The first-order valence-electron chi connectivity index (χ1n) is 11.8. The van der Waals surface area contributed by atoms with Crippen molar-refractivity contribution in [2.75, 3.05) is 33.3 Å². The summed E-state index contributed by atoms with van der Waals surface area (Å²) in [6, 6.07) is 4.72. The summed E-state index contributed by atoms with van der Waals surface area (Å²) in [5, 5.41) is 8.43. The number of amides is 5. The maximum absolute atomic E-state index is 13.0. The molecule has 2 saturated heterocycles. The Kier molecular flexibility index (Phi) is 6.63. The Morgan fingerprint density at radius 3 is 2.51 bits per heavy atom. The number of nitrogens with one attached hydrogen (secondary N) is 3. The molecule has 11 heteroatoms. The van der Waals surface area contributed by atoms with E-state index in [1.807, 2.05) is 26.8 Å². The third-order valence-corrected chi connectivity index (χ3v) is 6.51. The zero-order chi connectivity index (χ0) is 25.4. The van der Waals surface area contributed by atoms with Crippen LogP contribution in [0.25, 0.3) is 0 Å². The average Bonchev–Trinajstić information content (AvgIpc) is 3.25. The number of urea groups is 1. The number of methoxy groups -OCH3 is 1. The molecule has 1 aromatic carbocycles. The smallest absolute Gasteiger partial charge is 0.410 e. The summed E-state index contributed by atoms with van der Waals surface area (Å²) in [4.78, 5) is 53.5. The lowest BCUT2D eigenvalue weighted by Gasteiger charge is -2.36. The molecule has 5 amide bonds. The summed E-state index contributed by atoms with van der Waals surface area (Å²) in [5.41, 5.74) is -0.462. The topological polar surface area (TPSA) is 129 Å². The van der Waals surface area contributed by atoms with E-state index in [0.29, 0.717) is 43.8 Å². The van der Waals surface area contributed by atoms with Gasteiger partial charge in [0.15, 0.2) is 5.54 Å². The minimum atomic E-state index is -1.29. The lowest BCUT2D eigenvalue weighted by Crippen LogP contribution is -2.62. The van der Waals surface area contributed by atoms with Crippen molar-refractivity contribution >= 4 is 23.9 Å². The molecule has 1 unspecified atom stereocenters. The lowest BCUT2D eigenvalue weighted by molar-refractivity contribution is -0.124. The minimum Gasteiger partial charge on any atom is -0.497 e. The Hall–Kier alpha value is -3.34. The Balaban J connectivity index is 1.38. The largest absolute Gasteiger partial charge is 0.497 e. The number of carbonyl (C=O) groups excluding carboxylic acids is 4. The molecule has 0 saturated carbocycles. The van der Waals surface area contributed by atoms with Crippen LogP contribution in [0.4, 0.5) is 9.59 Å². The predicted octanol–water partition coefficient (Wildman–Crippen LogP) is 1.22. The van der Waals surface area contributed by atoms with Gasteiger partial charge in [0.25, 0.3) is 11.8 Å². The van der Waals surface area contributed by atoms with Crippen LogP contribution in [-0.2, 0) is 16.1 Å². The van der Waals surface area contributed by atoms with Gasteiger partial charge in [-0.3, -0.25) is 14.9 Å². The van der Waals surface area contributed by atoms with E-state index in [1.165, 1.54) is 0 Å². The van der Waals surface area contributed by atoms with E-state index in [2.05, 4.69) is 16.0 Å². The molecule has 0 aromatic heterocycles. The molecule has 35 heavy (non-hydrogen) atoms. The maximum Gasteiger partial charge on any atom is 0.410 e. The molecule has 4 rings (SSSR count). The second kappa shape index (κ2) is 9.37. The number of carbonyl (C=O) groups is 4. The zero-order valence-electron chi connectivity index (χ0n) is 20.6. The van der Waals surface area contributed by atoms with Gasteiger partial charge in [-0.15, -0.1) is 0 Å². The molecule has 0 radical (unpaired) electrons. The van der Waals surface area contributed by atoms with Crippen molar-refractivity contribution in [1.29, 1.82) is 0 Å². The second-order valence-electron chi connectivity index (χ2n) is 10.3. The number of imide groups is 1. The van der Waals surface area contributed by atoms with Crippen LogP contribution in [0, 0.1) is 0 Å². The van der Waals surface area contributed by atoms with Gasteiger partial charge in [-0.25, -0.2) is 9.59 Å². The van der Waals surface area contributed by atoms with Crippen molar-refractivity contribution in [1.82, 2.24) is 25.8 Å². The summed E-state index contributed by atoms with van der Waals surface area (Å²) in [7, 11) is 1.56. The second-order valence-corrected chi connectivity index (χ2v) is 10.3. The van der Waals surface area contributed by atoms with Gasteiger partial charge in [0, 0.05) is 37.8 Å². The van der Waals surface area contributed by atoms with Gasteiger partial charge < -0.3 is 29.9 Å². The van der Waals surface area contributed by atoms with Crippen molar-refractivity contribution in [2.24, 2.45) is 0 Å². The molecule has 0 aliphatic carbocycles. The van der Waals surface area contributed by atoms with Gasteiger partial charge in [-0.05, 0) is 57.4 Å². The molecule has 1 aromatic rings. The van der Waals surface area contributed by atoms with E-state index in [-0.39, 0.29) is 31.1 Å². The molecule has 3 heterocycles. The number of likely N-dealkylation sites (tertiary alicyclic amines) is 1. The molecule has 1 atom stereocenters. The van der Waals surface area contributed by atoms with Crippen LogP contribution in [-0.4, -0.2) is 84.2 Å². The average molecular weight is 488 g/mol. The van der Waals surface area contributed by atoms with E-state index in [4.69, 9.17) is 9.47 Å². The fraction of sp³-hybridized carbons (Fsp3) is 0.583. The highest BCUT2D eigenvalue weighted by Crippen LogP contribution is 2.28. The van der Waals surface area contributed by atoms with Gasteiger partial charge in [0.1, 0.15) is 11.4 Å². The fourth-order valence-corrected chi connectivity index (χ4v) is 4.67. The van der Waals surface area contributed by atoms with E-state index < -0.39 is 23.1 Å². The summed E-state index contributed by atoms with van der Waals surface area (Å²) in [5.74, 6) is -0.0106. The van der Waals surface area contributed by atoms with Crippen LogP contribution < -0.4 is 20.7 Å². The number of fused-ring (bicyclic) bond motifs is 1. The van der Waals surface area contributed by atoms with Crippen molar-refractivity contribution in [3.63, 3.8) is 0 Å². The van der Waals surface area contributed by atoms with Crippen molar-refractivity contribution in [3.05, 3.63) is 29.3 Å². The highest BCUT2D eigenvalue weighted by atomic mass is 16.6. The normalized spacial score (nSPS) is 22.7. The van der Waals surface area contributed by atoms with Crippen LogP contribution in [0.2, 0.25) is 0 Å². The first kappa shape index (κ1) is 24.8. The molecule has 0 bridgehead atoms. The van der Waals surface area contributed by atoms with Gasteiger partial charge in [0.2, 0.25) is 0 Å². The van der Waals surface area contributed by atoms with Gasteiger partial charge in [-0.2, -0.15) is 0 Å². The molecule has 190 valence electrons. The number of piperidine rings is 1. The number of nitrogens with zero attached hydrogens (tertiary/aromatic N) is 2. The summed E-state index contributed by atoms with van der Waals surface area (Å²) >= 11 is 0. The number of ether oxygens (including phenoxy) is 2. The highest BCUT2D eigenvalue weighted by Gasteiger charge is 2.49. The molecule has 11 nitrogen and oxygen atoms in total. The van der Waals surface area contributed by atoms with E-state index in [0.717, 1.165) is 5.56 Å². The first-order chi connectivity index (χ1) is 16.5. The molecule has 3 N–H and O–H groups in total. The molecule has 3 aliphatic heterocycles. The zero-order valence-corrected chi connectivity index (χ0v) is 20.6. The lowest BCUT2D eigenvalue weighted by atomic mass is 9.97. The Morgan fingerprint density at radius 2 is 1.91 bits per heavy atom. The number of benzene rings is 1. The molecule has 3 aliphatic rings. The Morgan fingerprint density at radius 1 is 1.20 bits per heavy atom. The van der Waals surface area contributed by atoms with Crippen LogP contribution in [0.1, 0.15) is 49.5 Å². The van der Waals surface area contributed by atoms with Gasteiger partial charge in [-0.1, -0.05) is 0 Å². The summed E-state index contributed by atoms with van der Waals surface area (Å²) in [6.45, 7) is 7.07. The quantitative estimate of drug-likeness (QED) is 0.515. The van der Waals surface area contributed by atoms with Crippen LogP contribution in [0.15, 0.2) is 18.2 Å². The summed E-state index contributed by atoms with van der Waals surface area (Å²) in [6.07, 6.45) is 1.02. The molecule has 2 fully saturated rings. The van der Waals surface area contributed by atoms with E-state index in [1.54, 1.807) is 29.0 Å². The number of hydrogen-bond acceptors (Lipinski definition) is 7. The van der Waals surface area contributed by atoms with Crippen LogP contribution >= 0.6 is 0 Å². The maximum atomic E-state index is 13.0. The Bertz CT molecular complexity index is 1030. The minimum absolute atomic E-state index is 0.0319. The Labute approximate surface area is 204 Å². The SMILES string of the molecule is COc1ccc2c(c1)CN(CC1(CNC3CCN(C(=O)OC(C)(C)C)CC3)NC(=O)NC1=O)C2=O. The molecule has 0 spiro atoms. The van der Waals surface area contributed by atoms with Crippen LogP contribution in [0.5, 0.6) is 5.75 Å². The fourth-order valence-electron chi connectivity index (χ4n) is 4.67. The first-order valence-corrected chi connectivity index (χ1v) is 11.8. The third kappa shape index (κ3) is 5.34. The standard InChI is InChI=1S/C24H33N5O6/c1-23(2,3)35-22(33)28-9-7-16(8-10-28)25-13-24(20(31)26-21(32)27-24)14-29-12-15-11-17(34-4)5-6-18(15)19(29)30/h5-6,11,16,25H,7-10,12-14H2,1-4H3,(H2,26,27,31,32). The van der Waals surface area contributed by atoms with Gasteiger partial charge >= 0.3 is 12.1 Å². The van der Waals surface area contributed by atoms with Crippen molar-refractivity contribution in [2.45, 2.75) is 57.3 Å². The van der Waals surface area contributed by atoms with Gasteiger partial charge in [0.05, 0.1) is 13.7 Å². The predicted molar refractivity (Wildman–Crippen MR) is 126 cm³/mol. The highest BCUT2D eigenvalue weighted by molar-refractivity contribution is 6.08. The third-order valence-electron chi connectivity index (χ3n) is 6.51. The van der Waals surface area contributed by atoms with E-state index >= 15 is 0 Å². The molecular weight excluding hydrogens is 454 g/mol. The van der Waals surface area contributed by atoms with Crippen LogP contribution in [0.3, 0.4) is 0 Å². The van der Waals surface area contributed by atoms with Crippen molar-refractivity contribution < 1.29 is 28.7 Å². The summed E-state index contributed by atoms with van der Waals surface area (Å²) < 4.78 is 10.7. The molecular formula is C24H33N5O6. The monoisotopic (exact) mass is 487 g/mol. The number of rotatable bonds is 6.